The highest BCUT2D eigenvalue weighted by Gasteiger charge is 2.14. The number of hydrogen-bond acceptors (Lipinski definition) is 3. The van der Waals surface area contributed by atoms with E-state index in [1.807, 2.05) is 13.8 Å². The van der Waals surface area contributed by atoms with Crippen LogP contribution in [-0.4, -0.2) is 16.5 Å². The summed E-state index contributed by atoms with van der Waals surface area (Å²) >= 11 is 6.10. The van der Waals surface area contributed by atoms with E-state index in [1.165, 1.54) is 18.5 Å². The lowest BCUT2D eigenvalue weighted by molar-refractivity contribution is 0.628. The summed E-state index contributed by atoms with van der Waals surface area (Å²) in [5, 5.41) is 3.56. The summed E-state index contributed by atoms with van der Waals surface area (Å²) in [6, 6.07) is 4.33. The Morgan fingerprint density at radius 2 is 2.05 bits per heavy atom. The second-order valence-corrected chi connectivity index (χ2v) is 4.46. The van der Waals surface area contributed by atoms with Crippen molar-refractivity contribution in [3.8, 4) is 11.3 Å². The van der Waals surface area contributed by atoms with E-state index < -0.39 is 0 Å². The van der Waals surface area contributed by atoms with Crippen molar-refractivity contribution in [3.63, 3.8) is 0 Å². The third-order valence-corrected chi connectivity index (χ3v) is 3.14. The Bertz CT molecular complexity index is 587. The molecule has 0 aliphatic rings. The van der Waals surface area contributed by atoms with Crippen LogP contribution in [0.4, 0.5) is 10.2 Å². The minimum absolute atomic E-state index is 0.354. The molecule has 0 saturated carbocycles. The van der Waals surface area contributed by atoms with E-state index in [-0.39, 0.29) is 5.82 Å². The summed E-state index contributed by atoms with van der Waals surface area (Å²) in [5.41, 5.74) is 2.46. The van der Waals surface area contributed by atoms with E-state index in [9.17, 15) is 4.39 Å². The molecule has 2 rings (SSSR count). The number of rotatable bonds is 4. The smallest absolute Gasteiger partial charge is 0.133 e. The van der Waals surface area contributed by atoms with E-state index in [2.05, 4.69) is 15.3 Å². The maximum Gasteiger partial charge on any atom is 0.133 e. The van der Waals surface area contributed by atoms with Crippen LogP contribution >= 0.6 is 11.6 Å². The average Bonchev–Trinajstić information content (AvgIpc) is 2.39. The van der Waals surface area contributed by atoms with Crippen LogP contribution in [-0.2, 0) is 6.42 Å². The first-order chi connectivity index (χ1) is 9.17. The molecular formula is C14H15ClFN3. The quantitative estimate of drug-likeness (QED) is 0.921. The zero-order valence-electron chi connectivity index (χ0n) is 10.9. The van der Waals surface area contributed by atoms with Gasteiger partial charge in [-0.2, -0.15) is 0 Å². The molecule has 0 amide bonds. The number of halogens is 2. The van der Waals surface area contributed by atoms with Gasteiger partial charge in [-0.3, -0.25) is 0 Å². The molecule has 1 N–H and O–H groups in total. The van der Waals surface area contributed by atoms with Crippen LogP contribution in [0.3, 0.4) is 0 Å². The fraction of sp³-hybridized carbons (Fsp3) is 0.286. The fourth-order valence-electron chi connectivity index (χ4n) is 1.98. The molecule has 100 valence electrons. The molecule has 0 fully saturated rings. The third-order valence-electron chi connectivity index (χ3n) is 2.83. The van der Waals surface area contributed by atoms with E-state index >= 15 is 0 Å². The van der Waals surface area contributed by atoms with Gasteiger partial charge in [0.1, 0.15) is 18.0 Å². The van der Waals surface area contributed by atoms with Crippen molar-refractivity contribution >= 4 is 17.4 Å². The van der Waals surface area contributed by atoms with Gasteiger partial charge in [0.2, 0.25) is 0 Å². The second kappa shape index (κ2) is 5.97. The third kappa shape index (κ3) is 2.84. The monoisotopic (exact) mass is 279 g/mol. The molecular weight excluding hydrogens is 265 g/mol. The molecule has 1 aromatic heterocycles. The van der Waals surface area contributed by atoms with Crippen molar-refractivity contribution in [3.05, 3.63) is 40.9 Å². The maximum atomic E-state index is 13.1. The molecule has 0 aliphatic heterocycles. The summed E-state index contributed by atoms with van der Waals surface area (Å²) in [5.74, 6) is 0.447. The maximum absolute atomic E-state index is 13.1. The summed E-state index contributed by atoms with van der Waals surface area (Å²) in [6.45, 7) is 4.81. The normalized spacial score (nSPS) is 10.5. The minimum Gasteiger partial charge on any atom is -0.370 e. The van der Waals surface area contributed by atoms with Gasteiger partial charge >= 0.3 is 0 Å². The predicted octanol–water partition coefficient (Wildman–Crippen LogP) is 3.93. The Morgan fingerprint density at radius 1 is 1.26 bits per heavy atom. The first-order valence-corrected chi connectivity index (χ1v) is 6.58. The molecule has 1 heterocycles. The van der Waals surface area contributed by atoms with Crippen molar-refractivity contribution in [2.75, 3.05) is 11.9 Å². The predicted molar refractivity (Wildman–Crippen MR) is 76.0 cm³/mol. The number of hydrogen-bond donors (Lipinski definition) is 1. The lowest BCUT2D eigenvalue weighted by atomic mass is 10.0. The minimum atomic E-state index is -0.354. The largest absolute Gasteiger partial charge is 0.370 e. The molecule has 0 radical (unpaired) electrons. The topological polar surface area (TPSA) is 37.8 Å². The van der Waals surface area contributed by atoms with E-state index in [4.69, 9.17) is 11.6 Å². The van der Waals surface area contributed by atoms with Gasteiger partial charge in [-0.15, -0.1) is 0 Å². The molecule has 1 aromatic carbocycles. The summed E-state index contributed by atoms with van der Waals surface area (Å²) in [4.78, 5) is 8.53. The Hall–Kier alpha value is -1.68. The van der Waals surface area contributed by atoms with Gasteiger partial charge in [-0.05, 0) is 31.5 Å². The number of nitrogens with one attached hydrogen (secondary N) is 1. The number of aromatic nitrogens is 2. The molecule has 0 aliphatic carbocycles. The van der Waals surface area contributed by atoms with Gasteiger partial charge in [0.25, 0.3) is 0 Å². The second-order valence-electron chi connectivity index (χ2n) is 4.06. The van der Waals surface area contributed by atoms with Crippen molar-refractivity contribution in [1.82, 2.24) is 9.97 Å². The molecule has 0 atom stereocenters. The van der Waals surface area contributed by atoms with Gasteiger partial charge in [-0.1, -0.05) is 18.5 Å². The zero-order chi connectivity index (χ0) is 13.8. The highest BCUT2D eigenvalue weighted by Crippen LogP contribution is 2.31. The van der Waals surface area contributed by atoms with E-state index in [1.54, 1.807) is 6.07 Å². The zero-order valence-corrected chi connectivity index (χ0v) is 11.6. The summed E-state index contributed by atoms with van der Waals surface area (Å²) in [6.07, 6.45) is 2.26. The Kier molecular flexibility index (Phi) is 4.32. The molecule has 5 heteroatoms. The summed E-state index contributed by atoms with van der Waals surface area (Å²) in [7, 11) is 0. The highest BCUT2D eigenvalue weighted by atomic mass is 35.5. The van der Waals surface area contributed by atoms with Crippen LogP contribution in [0.5, 0.6) is 0 Å². The molecule has 0 spiro atoms. The number of benzene rings is 1. The first-order valence-electron chi connectivity index (χ1n) is 6.20. The van der Waals surface area contributed by atoms with Crippen LogP contribution in [0, 0.1) is 5.82 Å². The standard InChI is InChI=1S/C14H15ClFN3/c1-3-10-13(18-8-19-14(10)17-4-2)11-6-5-9(16)7-12(11)15/h5-8H,3-4H2,1-2H3,(H,17,18,19). The molecule has 19 heavy (non-hydrogen) atoms. The average molecular weight is 280 g/mol. The van der Waals surface area contributed by atoms with Gasteiger partial charge in [0.15, 0.2) is 0 Å². The van der Waals surface area contributed by atoms with E-state index in [0.29, 0.717) is 5.02 Å². The molecule has 0 saturated heterocycles. The van der Waals surface area contributed by atoms with Crippen LogP contribution < -0.4 is 5.32 Å². The molecule has 0 bridgehead atoms. The Balaban J connectivity index is 2.58. The van der Waals surface area contributed by atoms with Gasteiger partial charge in [0, 0.05) is 17.7 Å². The fourth-order valence-corrected chi connectivity index (χ4v) is 2.24. The Labute approximate surface area is 116 Å². The lowest BCUT2D eigenvalue weighted by Gasteiger charge is -2.13. The summed E-state index contributed by atoms with van der Waals surface area (Å²) < 4.78 is 13.1. The SMILES string of the molecule is CCNc1ncnc(-c2ccc(F)cc2Cl)c1CC. The van der Waals surface area contributed by atoms with Gasteiger partial charge in [-0.25, -0.2) is 14.4 Å². The number of nitrogens with zero attached hydrogens (tertiary/aromatic N) is 2. The van der Waals surface area contributed by atoms with Crippen molar-refractivity contribution in [1.29, 1.82) is 0 Å². The van der Waals surface area contributed by atoms with Gasteiger partial charge in [0.05, 0.1) is 10.7 Å². The molecule has 2 aromatic rings. The molecule has 3 nitrogen and oxygen atoms in total. The van der Waals surface area contributed by atoms with Crippen molar-refractivity contribution in [2.24, 2.45) is 0 Å². The van der Waals surface area contributed by atoms with Crippen molar-refractivity contribution in [2.45, 2.75) is 20.3 Å². The number of anilines is 1. The Morgan fingerprint density at radius 3 is 2.68 bits per heavy atom. The highest BCUT2D eigenvalue weighted by molar-refractivity contribution is 6.33. The first kappa shape index (κ1) is 13.7. The van der Waals surface area contributed by atoms with Crippen LogP contribution in [0.25, 0.3) is 11.3 Å². The van der Waals surface area contributed by atoms with Gasteiger partial charge < -0.3 is 5.32 Å². The van der Waals surface area contributed by atoms with Crippen LogP contribution in [0.2, 0.25) is 5.02 Å². The molecule has 0 unspecified atom stereocenters. The van der Waals surface area contributed by atoms with Crippen molar-refractivity contribution < 1.29 is 4.39 Å². The van der Waals surface area contributed by atoms with E-state index in [0.717, 1.165) is 35.6 Å². The van der Waals surface area contributed by atoms with Crippen LogP contribution in [0.15, 0.2) is 24.5 Å². The van der Waals surface area contributed by atoms with Crippen LogP contribution in [0.1, 0.15) is 19.4 Å². The lowest BCUT2D eigenvalue weighted by Crippen LogP contribution is -2.06.